The molecule has 0 aliphatic carbocycles. The lowest BCUT2D eigenvalue weighted by molar-refractivity contribution is 0.112. The van der Waals surface area contributed by atoms with Crippen LogP contribution in [0, 0.1) is 0 Å². The predicted octanol–water partition coefficient (Wildman–Crippen LogP) is 2.60. The summed E-state index contributed by atoms with van der Waals surface area (Å²) in [7, 11) is 0. The minimum absolute atomic E-state index is 0.0719. The SMILES string of the molecule is O=Cc1cc2ccc(Oc3ccccc3)cc2n(CCO)c1=O. The van der Waals surface area contributed by atoms with Crippen LogP contribution in [0.1, 0.15) is 10.4 Å². The third-order valence-electron chi connectivity index (χ3n) is 3.53. The summed E-state index contributed by atoms with van der Waals surface area (Å²) in [6.45, 7) is -0.0765. The van der Waals surface area contributed by atoms with Crippen molar-refractivity contribution in [2.24, 2.45) is 0 Å². The second-order valence-electron chi connectivity index (χ2n) is 5.03. The van der Waals surface area contributed by atoms with E-state index in [0.29, 0.717) is 23.3 Å². The molecule has 0 atom stereocenters. The Morgan fingerprint density at radius 1 is 1.04 bits per heavy atom. The summed E-state index contributed by atoms with van der Waals surface area (Å²) in [5.41, 5.74) is 0.268. The van der Waals surface area contributed by atoms with Gasteiger partial charge in [-0.25, -0.2) is 0 Å². The van der Waals surface area contributed by atoms with E-state index in [-0.39, 0.29) is 18.7 Å². The number of aldehydes is 1. The fourth-order valence-corrected chi connectivity index (χ4v) is 2.47. The Morgan fingerprint density at radius 3 is 2.52 bits per heavy atom. The fourth-order valence-electron chi connectivity index (χ4n) is 2.47. The van der Waals surface area contributed by atoms with Crippen molar-refractivity contribution < 1.29 is 14.6 Å². The van der Waals surface area contributed by atoms with Gasteiger partial charge in [0.15, 0.2) is 6.29 Å². The van der Waals surface area contributed by atoms with E-state index in [4.69, 9.17) is 4.74 Å². The molecule has 0 fully saturated rings. The lowest BCUT2D eigenvalue weighted by Gasteiger charge is -2.12. The van der Waals surface area contributed by atoms with Gasteiger partial charge < -0.3 is 14.4 Å². The highest BCUT2D eigenvalue weighted by molar-refractivity contribution is 5.87. The molecule has 5 nitrogen and oxygen atoms in total. The Hall–Kier alpha value is -2.92. The number of aliphatic hydroxyl groups is 1. The van der Waals surface area contributed by atoms with Gasteiger partial charge in [0.25, 0.3) is 5.56 Å². The topological polar surface area (TPSA) is 68.5 Å². The summed E-state index contributed by atoms with van der Waals surface area (Å²) in [6.07, 6.45) is 0.532. The molecule has 0 saturated heterocycles. The molecule has 1 aromatic heterocycles. The summed E-state index contributed by atoms with van der Waals surface area (Å²) >= 11 is 0. The highest BCUT2D eigenvalue weighted by Crippen LogP contribution is 2.25. The van der Waals surface area contributed by atoms with Crippen LogP contribution in [0.15, 0.2) is 59.4 Å². The van der Waals surface area contributed by atoms with Gasteiger partial charge >= 0.3 is 0 Å². The first-order valence-electron chi connectivity index (χ1n) is 7.19. The number of benzene rings is 2. The minimum atomic E-state index is -0.418. The molecule has 0 bridgehead atoms. The first kappa shape index (κ1) is 15.0. The van der Waals surface area contributed by atoms with Crippen molar-refractivity contribution in [3.8, 4) is 11.5 Å². The van der Waals surface area contributed by atoms with Crippen molar-refractivity contribution in [2.75, 3.05) is 6.61 Å². The lowest BCUT2D eigenvalue weighted by Crippen LogP contribution is -2.25. The van der Waals surface area contributed by atoms with E-state index in [1.165, 1.54) is 4.57 Å². The molecule has 0 amide bonds. The molecule has 0 aliphatic heterocycles. The van der Waals surface area contributed by atoms with Crippen molar-refractivity contribution >= 4 is 17.2 Å². The number of aromatic nitrogens is 1. The van der Waals surface area contributed by atoms with E-state index in [2.05, 4.69) is 0 Å². The number of nitrogens with zero attached hydrogens (tertiary/aromatic N) is 1. The second kappa shape index (κ2) is 6.46. The number of carbonyl (C=O) groups is 1. The van der Waals surface area contributed by atoms with Crippen LogP contribution in [0.2, 0.25) is 0 Å². The molecule has 3 rings (SSSR count). The van der Waals surface area contributed by atoms with Gasteiger partial charge in [-0.05, 0) is 35.7 Å². The Labute approximate surface area is 132 Å². The zero-order valence-electron chi connectivity index (χ0n) is 12.3. The standard InChI is InChI=1S/C18H15NO4/c20-9-8-19-17-11-16(23-15-4-2-1-3-5-15)7-6-13(17)10-14(12-21)18(19)22/h1-7,10-12,20H,8-9H2. The van der Waals surface area contributed by atoms with Gasteiger partial charge in [-0.3, -0.25) is 9.59 Å². The van der Waals surface area contributed by atoms with Crippen molar-refractivity contribution in [3.63, 3.8) is 0 Å². The number of rotatable bonds is 5. The van der Waals surface area contributed by atoms with Gasteiger partial charge in [0.2, 0.25) is 0 Å². The van der Waals surface area contributed by atoms with Crippen LogP contribution in [-0.2, 0) is 6.54 Å². The normalized spacial score (nSPS) is 10.7. The van der Waals surface area contributed by atoms with Crippen molar-refractivity contribution in [3.05, 3.63) is 70.5 Å². The van der Waals surface area contributed by atoms with Gasteiger partial charge in [0.05, 0.1) is 17.7 Å². The molecule has 1 heterocycles. The molecule has 5 heteroatoms. The average Bonchev–Trinajstić information content (AvgIpc) is 2.58. The first-order valence-corrected chi connectivity index (χ1v) is 7.19. The van der Waals surface area contributed by atoms with Crippen LogP contribution in [0.5, 0.6) is 11.5 Å². The number of pyridine rings is 1. The minimum Gasteiger partial charge on any atom is -0.457 e. The molecule has 116 valence electrons. The lowest BCUT2D eigenvalue weighted by atomic mass is 10.1. The summed E-state index contributed by atoms with van der Waals surface area (Å²) in [6, 6.07) is 16.1. The quantitative estimate of drug-likeness (QED) is 0.736. The van der Waals surface area contributed by atoms with Crippen molar-refractivity contribution in [2.45, 2.75) is 6.54 Å². The number of carbonyl (C=O) groups excluding carboxylic acids is 1. The van der Waals surface area contributed by atoms with Crippen LogP contribution in [0.4, 0.5) is 0 Å². The Balaban J connectivity index is 2.12. The summed E-state index contributed by atoms with van der Waals surface area (Å²) in [4.78, 5) is 23.3. The number of ether oxygens (including phenoxy) is 1. The molecule has 23 heavy (non-hydrogen) atoms. The third kappa shape index (κ3) is 3.00. The monoisotopic (exact) mass is 309 g/mol. The maximum atomic E-state index is 12.3. The number of para-hydroxylation sites is 1. The number of hydrogen-bond donors (Lipinski definition) is 1. The third-order valence-corrected chi connectivity index (χ3v) is 3.53. The molecule has 0 saturated carbocycles. The molecule has 2 aromatic carbocycles. The number of aliphatic hydroxyl groups excluding tert-OH is 1. The first-order chi connectivity index (χ1) is 11.2. The maximum absolute atomic E-state index is 12.3. The highest BCUT2D eigenvalue weighted by Gasteiger charge is 2.10. The van der Waals surface area contributed by atoms with Crippen molar-refractivity contribution in [1.29, 1.82) is 0 Å². The zero-order valence-corrected chi connectivity index (χ0v) is 12.3. The van der Waals surface area contributed by atoms with E-state index >= 15 is 0 Å². The van der Waals surface area contributed by atoms with Crippen LogP contribution in [0.25, 0.3) is 10.9 Å². The van der Waals surface area contributed by atoms with Crippen LogP contribution >= 0.6 is 0 Å². The summed E-state index contributed by atoms with van der Waals surface area (Å²) < 4.78 is 7.15. The molecule has 1 N–H and O–H groups in total. The number of fused-ring (bicyclic) bond motifs is 1. The van der Waals surface area contributed by atoms with Gasteiger partial charge in [-0.15, -0.1) is 0 Å². The van der Waals surface area contributed by atoms with Gasteiger partial charge in [0, 0.05) is 12.6 Å². The Morgan fingerprint density at radius 2 is 1.83 bits per heavy atom. The maximum Gasteiger partial charge on any atom is 0.261 e. The zero-order chi connectivity index (χ0) is 16.2. The van der Waals surface area contributed by atoms with Crippen LogP contribution in [0.3, 0.4) is 0 Å². The Kier molecular flexibility index (Phi) is 4.21. The number of hydrogen-bond acceptors (Lipinski definition) is 4. The van der Waals surface area contributed by atoms with Crippen LogP contribution < -0.4 is 10.3 Å². The summed E-state index contributed by atoms with van der Waals surface area (Å²) in [5.74, 6) is 1.26. The molecule has 3 aromatic rings. The van der Waals surface area contributed by atoms with E-state index < -0.39 is 5.56 Å². The molecule has 0 unspecified atom stereocenters. The molecule has 0 spiro atoms. The van der Waals surface area contributed by atoms with E-state index in [9.17, 15) is 14.7 Å². The molecular weight excluding hydrogens is 294 g/mol. The summed E-state index contributed by atoms with van der Waals surface area (Å²) in [5, 5.41) is 9.93. The predicted molar refractivity (Wildman–Crippen MR) is 87.2 cm³/mol. The smallest absolute Gasteiger partial charge is 0.261 e. The largest absolute Gasteiger partial charge is 0.457 e. The van der Waals surface area contributed by atoms with Gasteiger partial charge in [0.1, 0.15) is 11.5 Å². The van der Waals surface area contributed by atoms with Gasteiger partial charge in [-0.1, -0.05) is 18.2 Å². The van der Waals surface area contributed by atoms with Crippen LogP contribution in [-0.4, -0.2) is 22.6 Å². The van der Waals surface area contributed by atoms with Gasteiger partial charge in [-0.2, -0.15) is 0 Å². The Bertz CT molecular complexity index is 900. The van der Waals surface area contributed by atoms with Crippen molar-refractivity contribution in [1.82, 2.24) is 4.57 Å². The fraction of sp³-hybridized carbons (Fsp3) is 0.111. The highest BCUT2D eigenvalue weighted by atomic mass is 16.5. The van der Waals surface area contributed by atoms with E-state index in [1.54, 1.807) is 24.3 Å². The second-order valence-corrected chi connectivity index (χ2v) is 5.03. The molecular formula is C18H15NO4. The van der Waals surface area contributed by atoms with E-state index in [1.807, 2.05) is 30.3 Å². The molecule has 0 aliphatic rings. The van der Waals surface area contributed by atoms with E-state index in [0.717, 1.165) is 5.39 Å². The average molecular weight is 309 g/mol. The molecule has 0 radical (unpaired) electrons.